The third kappa shape index (κ3) is 3.37. The van der Waals surface area contributed by atoms with Crippen molar-refractivity contribution in [3.05, 3.63) is 24.2 Å². The number of fused-ring (bicyclic) bond motifs is 1. The number of aromatic hydroxyl groups is 1. The molecule has 0 saturated carbocycles. The van der Waals surface area contributed by atoms with E-state index >= 15 is 0 Å². The minimum atomic E-state index is 0.108. The lowest BCUT2D eigenvalue weighted by molar-refractivity contribution is 0.443. The summed E-state index contributed by atoms with van der Waals surface area (Å²) in [5.74, 6) is 0.108. The number of aryl methyl sites for hydroxylation is 1. The van der Waals surface area contributed by atoms with E-state index in [0.29, 0.717) is 16.7 Å². The molecule has 0 unspecified atom stereocenters. The smallest absolute Gasteiger partial charge is 0.188 e. The van der Waals surface area contributed by atoms with E-state index in [1.54, 1.807) is 29.8 Å². The van der Waals surface area contributed by atoms with Gasteiger partial charge in [0.25, 0.3) is 0 Å². The molecule has 1 aliphatic rings. The molecule has 3 N–H and O–H groups in total. The molecule has 0 aromatic carbocycles. The van der Waals surface area contributed by atoms with Crippen molar-refractivity contribution in [3.63, 3.8) is 0 Å². The van der Waals surface area contributed by atoms with Crippen LogP contribution in [0.5, 0.6) is 5.75 Å². The Balaban J connectivity index is 1.42. The number of anilines is 1. The molecule has 1 fully saturated rings. The number of H-pyrrole nitrogens is 1. The quantitative estimate of drug-likeness (QED) is 0.459. The lowest BCUT2D eigenvalue weighted by Gasteiger charge is -2.31. The molecule has 0 spiro atoms. The summed E-state index contributed by atoms with van der Waals surface area (Å²) in [5, 5.41) is 22.6. The second kappa shape index (κ2) is 7.36. The molecule has 1 aliphatic heterocycles. The third-order valence-corrected chi connectivity index (χ3v) is 7.46. The first-order valence-corrected chi connectivity index (χ1v) is 11.1. The number of hydrogen-bond acceptors (Lipinski definition) is 9. The zero-order chi connectivity index (χ0) is 20.0. The predicted molar refractivity (Wildman–Crippen MR) is 117 cm³/mol. The van der Waals surface area contributed by atoms with Gasteiger partial charge in [0, 0.05) is 36.6 Å². The van der Waals surface area contributed by atoms with Gasteiger partial charge in [-0.1, -0.05) is 22.7 Å². The van der Waals surface area contributed by atoms with Gasteiger partial charge in [-0.05, 0) is 38.9 Å². The Kier molecular flexibility index (Phi) is 4.69. The van der Waals surface area contributed by atoms with Crippen molar-refractivity contribution in [2.45, 2.75) is 25.8 Å². The summed E-state index contributed by atoms with van der Waals surface area (Å²) < 4.78 is 0. The molecule has 0 amide bonds. The molecule has 10 heteroatoms. The van der Waals surface area contributed by atoms with Crippen LogP contribution in [0.1, 0.15) is 18.5 Å². The van der Waals surface area contributed by atoms with Gasteiger partial charge in [0.15, 0.2) is 14.8 Å². The number of piperidine rings is 1. The largest absolute Gasteiger partial charge is 0.506 e. The maximum atomic E-state index is 10.6. The summed E-state index contributed by atoms with van der Waals surface area (Å²) in [5.41, 5.74) is 3.09. The van der Waals surface area contributed by atoms with E-state index in [0.717, 1.165) is 57.5 Å². The van der Waals surface area contributed by atoms with E-state index in [2.05, 4.69) is 32.4 Å². The van der Waals surface area contributed by atoms with E-state index in [1.165, 1.54) is 11.3 Å². The minimum absolute atomic E-state index is 0.108. The predicted octanol–water partition coefficient (Wildman–Crippen LogP) is 3.41. The molecule has 0 radical (unpaired) electrons. The van der Waals surface area contributed by atoms with Crippen molar-refractivity contribution in [1.29, 1.82) is 0 Å². The second-order valence-electron chi connectivity index (χ2n) is 7.19. The third-order valence-electron chi connectivity index (χ3n) is 5.33. The molecule has 5 rings (SSSR count). The van der Waals surface area contributed by atoms with Crippen molar-refractivity contribution >= 4 is 37.5 Å². The lowest BCUT2D eigenvalue weighted by atomic mass is 10.1. The van der Waals surface area contributed by atoms with Gasteiger partial charge in [-0.15, -0.1) is 0 Å². The summed E-state index contributed by atoms with van der Waals surface area (Å²) in [6.07, 6.45) is 5.80. The van der Waals surface area contributed by atoms with Crippen molar-refractivity contribution in [3.8, 4) is 27.6 Å². The first kappa shape index (κ1) is 18.5. The maximum absolute atomic E-state index is 10.6. The van der Waals surface area contributed by atoms with Gasteiger partial charge >= 0.3 is 0 Å². The monoisotopic (exact) mass is 427 g/mol. The van der Waals surface area contributed by atoms with Crippen LogP contribution in [-0.4, -0.2) is 56.4 Å². The number of hydrogen-bond donors (Lipinski definition) is 3. The second-order valence-corrected chi connectivity index (χ2v) is 9.13. The van der Waals surface area contributed by atoms with Gasteiger partial charge in [0.1, 0.15) is 16.5 Å². The van der Waals surface area contributed by atoms with Gasteiger partial charge in [-0.3, -0.25) is 5.10 Å². The van der Waals surface area contributed by atoms with Gasteiger partial charge in [0.05, 0.1) is 5.69 Å². The number of rotatable bonds is 4. The van der Waals surface area contributed by atoms with Gasteiger partial charge in [0.2, 0.25) is 0 Å². The van der Waals surface area contributed by atoms with Crippen molar-refractivity contribution in [2.75, 3.05) is 25.0 Å². The average Bonchev–Trinajstić information content (AvgIpc) is 3.42. The number of pyridine rings is 1. The summed E-state index contributed by atoms with van der Waals surface area (Å²) in [4.78, 5) is 18.0. The molecule has 4 aromatic heterocycles. The molecule has 0 atom stereocenters. The molecular weight excluding hydrogens is 406 g/mol. The van der Waals surface area contributed by atoms with Gasteiger partial charge in [-0.25, -0.2) is 15.0 Å². The Morgan fingerprint density at radius 1 is 1.17 bits per heavy atom. The molecule has 150 valence electrons. The highest BCUT2D eigenvalue weighted by Crippen LogP contribution is 2.39. The van der Waals surface area contributed by atoms with Crippen molar-refractivity contribution in [2.24, 2.45) is 0 Å². The number of thiazole rings is 2. The molecule has 5 heterocycles. The first-order valence-electron chi connectivity index (χ1n) is 9.51. The lowest BCUT2D eigenvalue weighted by Crippen LogP contribution is -2.41. The zero-order valence-electron chi connectivity index (χ0n) is 16.1. The van der Waals surface area contributed by atoms with Crippen LogP contribution in [0.15, 0.2) is 18.5 Å². The Hall–Kier alpha value is -2.56. The van der Waals surface area contributed by atoms with E-state index in [-0.39, 0.29) is 5.75 Å². The van der Waals surface area contributed by atoms with Gasteiger partial charge < -0.3 is 15.3 Å². The Morgan fingerprint density at radius 3 is 2.66 bits per heavy atom. The van der Waals surface area contributed by atoms with Crippen LogP contribution < -0.4 is 10.2 Å². The topological polar surface area (TPSA) is 103 Å². The molecule has 0 bridgehead atoms. The van der Waals surface area contributed by atoms with E-state index in [1.807, 2.05) is 6.92 Å². The highest BCUT2D eigenvalue weighted by Gasteiger charge is 2.23. The van der Waals surface area contributed by atoms with Crippen molar-refractivity contribution in [1.82, 2.24) is 30.5 Å². The highest BCUT2D eigenvalue weighted by atomic mass is 32.1. The van der Waals surface area contributed by atoms with Crippen LogP contribution in [0.2, 0.25) is 0 Å². The average molecular weight is 428 g/mol. The molecule has 4 aromatic rings. The molecular formula is C19H21N7OS2. The highest BCUT2D eigenvalue weighted by molar-refractivity contribution is 7.29. The van der Waals surface area contributed by atoms with Crippen LogP contribution in [0.3, 0.4) is 0 Å². The number of aromatic amines is 1. The van der Waals surface area contributed by atoms with Crippen LogP contribution in [0, 0.1) is 6.92 Å². The van der Waals surface area contributed by atoms with Crippen LogP contribution in [0.4, 0.5) is 5.13 Å². The van der Waals surface area contributed by atoms with E-state index in [9.17, 15) is 5.11 Å². The fourth-order valence-corrected chi connectivity index (χ4v) is 5.73. The molecule has 8 nitrogen and oxygen atoms in total. The zero-order valence-corrected chi connectivity index (χ0v) is 17.8. The first-order chi connectivity index (χ1) is 14.1. The van der Waals surface area contributed by atoms with Crippen LogP contribution >= 0.6 is 22.7 Å². The Bertz CT molecular complexity index is 1130. The Labute approximate surface area is 175 Å². The normalized spacial score (nSPS) is 15.2. The summed E-state index contributed by atoms with van der Waals surface area (Å²) in [6, 6.07) is 2.22. The Morgan fingerprint density at radius 2 is 1.97 bits per heavy atom. The van der Waals surface area contributed by atoms with Gasteiger partial charge in [-0.2, -0.15) is 5.10 Å². The molecule has 29 heavy (non-hydrogen) atoms. The molecule has 0 aliphatic carbocycles. The molecule has 1 saturated heterocycles. The fourth-order valence-electron chi connectivity index (χ4n) is 3.65. The van der Waals surface area contributed by atoms with Crippen molar-refractivity contribution < 1.29 is 5.11 Å². The minimum Gasteiger partial charge on any atom is -0.506 e. The number of nitrogens with one attached hydrogen (secondary N) is 2. The van der Waals surface area contributed by atoms with Crippen LogP contribution in [-0.2, 0) is 0 Å². The number of aromatic nitrogens is 5. The summed E-state index contributed by atoms with van der Waals surface area (Å²) in [7, 11) is 2.11. The van der Waals surface area contributed by atoms with E-state index in [4.69, 9.17) is 9.97 Å². The standard InChI is InChI=1S/C19H21N7OS2/c1-10-13(9-22-25-10)11-7-14(27)15(21-8-11)16-23-17-18(28-16)24-19(29-17)26(2)12-3-5-20-6-4-12/h7-9,12,20,27H,3-6H2,1-2H3,(H,22,25). The van der Waals surface area contributed by atoms with E-state index < -0.39 is 0 Å². The van der Waals surface area contributed by atoms with Crippen LogP contribution in [0.25, 0.3) is 31.5 Å². The summed E-state index contributed by atoms with van der Waals surface area (Å²) in [6.45, 7) is 4.02. The fraction of sp³-hybridized carbons (Fsp3) is 0.368. The SMILES string of the molecule is Cc1n[nH]cc1-c1cnc(-c2nc3sc(N(C)C4CCNCC4)nc3s2)c(O)c1. The summed E-state index contributed by atoms with van der Waals surface area (Å²) >= 11 is 3.06. The maximum Gasteiger partial charge on any atom is 0.188 e. The number of nitrogens with zero attached hydrogens (tertiary/aromatic N) is 5.